The van der Waals surface area contributed by atoms with Gasteiger partial charge in [-0.1, -0.05) is 36.4 Å². The van der Waals surface area contributed by atoms with E-state index in [1.807, 2.05) is 24.3 Å². The summed E-state index contributed by atoms with van der Waals surface area (Å²) in [5.74, 6) is 2.38. The lowest BCUT2D eigenvalue weighted by Gasteiger charge is -2.56. The van der Waals surface area contributed by atoms with Gasteiger partial charge in [-0.3, -0.25) is 9.11 Å². The van der Waals surface area contributed by atoms with Crippen LogP contribution in [0.25, 0.3) is 0 Å². The van der Waals surface area contributed by atoms with Crippen molar-refractivity contribution < 1.29 is 47.4 Å². The second-order valence-electron chi connectivity index (χ2n) is 14.3. The number of rotatable bonds is 0. The highest BCUT2D eigenvalue weighted by Crippen LogP contribution is 2.63. The van der Waals surface area contributed by atoms with Crippen LogP contribution in [0, 0.1) is 11.8 Å². The van der Waals surface area contributed by atoms with Gasteiger partial charge in [-0.05, 0) is 76.1 Å². The number of aromatic hydroxyl groups is 2. The van der Waals surface area contributed by atoms with Crippen molar-refractivity contribution in [1.82, 2.24) is 9.80 Å². The monoisotopic (exact) mass is 668 g/mol. The Morgan fingerprint density at radius 3 is 1.47 bits per heavy atom. The molecule has 13 heteroatoms. The van der Waals surface area contributed by atoms with Crippen LogP contribution in [0.1, 0.15) is 35.1 Å². The van der Waals surface area contributed by atoms with Crippen molar-refractivity contribution in [3.8, 4) is 23.0 Å². The number of hydrogen-bond donors (Lipinski definition) is 6. The first-order valence-electron chi connectivity index (χ1n) is 16.1. The summed E-state index contributed by atoms with van der Waals surface area (Å²) in [6.07, 6.45) is 10.4. The molecule has 4 heterocycles. The van der Waals surface area contributed by atoms with Crippen molar-refractivity contribution in [2.75, 3.05) is 27.2 Å². The van der Waals surface area contributed by atoms with E-state index in [0.29, 0.717) is 35.4 Å². The predicted octanol–water partition coefficient (Wildman–Crippen LogP) is 1.74. The molecular formula is C34H40N2O10S. The molecule has 4 aliphatic heterocycles. The molecule has 2 aromatic carbocycles. The first-order chi connectivity index (χ1) is 22.3. The molecule has 0 radical (unpaired) electrons. The zero-order valence-corrected chi connectivity index (χ0v) is 26.9. The Kier molecular flexibility index (Phi) is 6.90. The van der Waals surface area contributed by atoms with Crippen LogP contribution in [0.15, 0.2) is 48.6 Å². The fourth-order valence-electron chi connectivity index (χ4n) is 10.5. The molecule has 2 aromatic rings. The fraction of sp³-hybridized carbons (Fsp3) is 0.529. The number of phenols is 2. The molecule has 12 nitrogen and oxygen atoms in total. The number of hydrogen-bond acceptors (Lipinski definition) is 10. The largest absolute Gasteiger partial charge is 0.504 e. The lowest BCUT2D eigenvalue weighted by atomic mass is 9.53. The summed E-state index contributed by atoms with van der Waals surface area (Å²) in [5, 5.41) is 41.3. The molecule has 2 fully saturated rings. The topological polar surface area (TPSA) is 180 Å². The number of likely N-dealkylation sites (tertiary alicyclic amines) is 2. The molecule has 4 aliphatic carbocycles. The summed E-state index contributed by atoms with van der Waals surface area (Å²) >= 11 is 0. The van der Waals surface area contributed by atoms with E-state index in [9.17, 15) is 20.4 Å². The van der Waals surface area contributed by atoms with Crippen LogP contribution in [0.4, 0.5) is 0 Å². The molecule has 2 spiro atoms. The Bertz CT molecular complexity index is 1690. The summed E-state index contributed by atoms with van der Waals surface area (Å²) in [4.78, 5) is 4.87. The van der Waals surface area contributed by atoms with E-state index < -0.39 is 22.6 Å². The summed E-state index contributed by atoms with van der Waals surface area (Å²) in [5.41, 5.74) is 4.58. The highest BCUT2D eigenvalue weighted by Gasteiger charge is 2.65. The lowest BCUT2D eigenvalue weighted by Crippen LogP contribution is -2.64. The van der Waals surface area contributed by atoms with E-state index in [1.54, 1.807) is 12.1 Å². The Balaban J connectivity index is 0.000000121. The van der Waals surface area contributed by atoms with Gasteiger partial charge < -0.3 is 39.7 Å². The Hall–Kier alpha value is -3.17. The number of nitrogens with zero attached hydrogens (tertiary/aromatic N) is 2. The minimum atomic E-state index is -4.67. The third-order valence-corrected chi connectivity index (χ3v) is 12.3. The molecule has 0 aromatic heterocycles. The molecule has 1 unspecified atom stereocenters. The summed E-state index contributed by atoms with van der Waals surface area (Å²) in [7, 11) is -0.291. The molecule has 0 saturated carbocycles. The minimum Gasteiger partial charge on any atom is -0.504 e. The van der Waals surface area contributed by atoms with E-state index in [2.05, 4.69) is 36.0 Å². The van der Waals surface area contributed by atoms with E-state index in [-0.39, 0.29) is 34.5 Å². The maximum Gasteiger partial charge on any atom is 0.394 e. The predicted molar refractivity (Wildman–Crippen MR) is 169 cm³/mol. The highest BCUT2D eigenvalue weighted by molar-refractivity contribution is 7.79. The molecular weight excluding hydrogens is 628 g/mol. The van der Waals surface area contributed by atoms with Crippen LogP contribution in [-0.2, 0) is 34.1 Å². The SMILES string of the molecule is CN1CCC23c4c5ccc(O)c4O[C@H]2[C@@H](O)C=C[C@H]3[C@H]1C5.CN1CC[C@]23c4c5ccc(O)c4O[C@H]2[C@@H](O)C=C[C@H]3[C@H]1C5.O=S(=O)(O)O. The Morgan fingerprint density at radius 2 is 1.09 bits per heavy atom. The van der Waals surface area contributed by atoms with Crippen LogP contribution >= 0.6 is 0 Å². The second kappa shape index (κ2) is 10.4. The zero-order valence-electron chi connectivity index (χ0n) is 26.1. The molecule has 6 N–H and O–H groups in total. The molecule has 252 valence electrons. The van der Waals surface area contributed by atoms with Gasteiger partial charge in [0.15, 0.2) is 23.0 Å². The van der Waals surface area contributed by atoms with Crippen LogP contribution in [-0.4, -0.2) is 111 Å². The van der Waals surface area contributed by atoms with Crippen LogP contribution < -0.4 is 9.47 Å². The van der Waals surface area contributed by atoms with Crippen molar-refractivity contribution in [2.24, 2.45) is 11.8 Å². The van der Waals surface area contributed by atoms with E-state index in [1.165, 1.54) is 22.3 Å². The van der Waals surface area contributed by atoms with Gasteiger partial charge in [-0.15, -0.1) is 0 Å². The standard InChI is InChI=1S/2C17H19NO3.H2O4S/c2*1-18-7-6-17-10-3-5-13(20)16(17)21-15-12(19)4-2-9(14(15)17)8-11(10)18;1-5(2,3)4/h2*2-5,10-11,13,16,19-20H,6-8H2,1H3;(H2,1,2,3,4)/t10-,11+,13-,16-,17?;10-,11+,13-,16-,17-;/m00./s1. The summed E-state index contributed by atoms with van der Waals surface area (Å²) < 4.78 is 43.8. The summed E-state index contributed by atoms with van der Waals surface area (Å²) in [6, 6.07) is 8.45. The maximum atomic E-state index is 10.4. The van der Waals surface area contributed by atoms with Gasteiger partial charge in [-0.25, -0.2) is 0 Å². The average Bonchev–Trinajstić information content (AvgIpc) is 3.56. The molecule has 0 amide bonds. The molecule has 8 aliphatic rings. The average molecular weight is 669 g/mol. The Labute approximate surface area is 273 Å². The fourth-order valence-corrected chi connectivity index (χ4v) is 10.5. The van der Waals surface area contributed by atoms with Crippen molar-refractivity contribution in [2.45, 2.75) is 73.0 Å². The first kappa shape index (κ1) is 31.1. The lowest BCUT2D eigenvalue weighted by molar-refractivity contribution is -0.0453. The third kappa shape index (κ3) is 4.30. The van der Waals surface area contributed by atoms with Gasteiger partial charge in [0.05, 0.1) is 0 Å². The number of aliphatic hydroxyl groups is 2. The van der Waals surface area contributed by atoms with Gasteiger partial charge in [0.1, 0.15) is 24.4 Å². The highest BCUT2D eigenvalue weighted by atomic mass is 32.3. The Morgan fingerprint density at radius 1 is 0.702 bits per heavy atom. The minimum absolute atomic E-state index is 0.160. The van der Waals surface area contributed by atoms with Crippen LogP contribution in [0.5, 0.6) is 23.0 Å². The van der Waals surface area contributed by atoms with Gasteiger partial charge in [-0.2, -0.15) is 8.42 Å². The number of piperidine rings is 2. The van der Waals surface area contributed by atoms with Crippen molar-refractivity contribution >= 4 is 10.4 Å². The molecule has 4 bridgehead atoms. The van der Waals surface area contributed by atoms with Gasteiger partial charge in [0.2, 0.25) is 0 Å². The number of ether oxygens (including phenoxy) is 2. The van der Waals surface area contributed by atoms with E-state index >= 15 is 0 Å². The van der Waals surface area contributed by atoms with Crippen molar-refractivity contribution in [3.63, 3.8) is 0 Å². The number of phenolic OH excluding ortho intramolecular Hbond substituents is 2. The first-order valence-corrected chi connectivity index (χ1v) is 17.5. The van der Waals surface area contributed by atoms with Crippen LogP contribution in [0.2, 0.25) is 0 Å². The van der Waals surface area contributed by atoms with Crippen molar-refractivity contribution in [1.29, 1.82) is 0 Å². The van der Waals surface area contributed by atoms with E-state index in [0.717, 1.165) is 38.8 Å². The number of aliphatic hydroxyl groups excluding tert-OH is 2. The molecule has 2 saturated heterocycles. The van der Waals surface area contributed by atoms with E-state index in [4.69, 9.17) is 27.0 Å². The van der Waals surface area contributed by atoms with Gasteiger partial charge >= 0.3 is 10.4 Å². The molecule has 10 rings (SSSR count). The smallest absolute Gasteiger partial charge is 0.394 e. The maximum absolute atomic E-state index is 10.4. The molecule has 10 atom stereocenters. The molecule has 47 heavy (non-hydrogen) atoms. The quantitative estimate of drug-likeness (QED) is 0.177. The van der Waals surface area contributed by atoms with Gasteiger partial charge in [0, 0.05) is 45.9 Å². The normalized spacial score (nSPS) is 39.3. The van der Waals surface area contributed by atoms with Gasteiger partial charge in [0.25, 0.3) is 0 Å². The van der Waals surface area contributed by atoms with Crippen molar-refractivity contribution in [3.05, 3.63) is 70.8 Å². The summed E-state index contributed by atoms with van der Waals surface area (Å²) in [6.45, 7) is 2.02. The number of likely N-dealkylation sites (N-methyl/N-ethyl adjacent to an activating group) is 2. The third-order valence-electron chi connectivity index (χ3n) is 12.3. The van der Waals surface area contributed by atoms with Crippen LogP contribution in [0.3, 0.4) is 0 Å². The zero-order chi connectivity index (χ0) is 33.2. The second-order valence-corrected chi connectivity index (χ2v) is 15.2. The number of benzene rings is 2.